The molecule has 2 aromatic rings. The molecule has 1 saturated carbocycles. The summed E-state index contributed by atoms with van der Waals surface area (Å²) in [5.41, 5.74) is 0. The minimum Gasteiger partial charge on any atom is -0.488 e. The van der Waals surface area contributed by atoms with Crippen LogP contribution in [0.1, 0.15) is 18.7 Å². The minimum atomic E-state index is -0.550. The van der Waals surface area contributed by atoms with Crippen molar-refractivity contribution in [2.75, 3.05) is 18.8 Å². The van der Waals surface area contributed by atoms with Crippen molar-refractivity contribution in [3.8, 4) is 5.75 Å². The van der Waals surface area contributed by atoms with E-state index in [1.165, 1.54) is 11.8 Å². The molecule has 1 aromatic heterocycles. The Morgan fingerprint density at radius 2 is 2.14 bits per heavy atom. The second kappa shape index (κ2) is 8.31. The summed E-state index contributed by atoms with van der Waals surface area (Å²) in [6.45, 7) is 3.08. The van der Waals surface area contributed by atoms with Gasteiger partial charge in [-0.15, -0.1) is 10.2 Å². The number of carbonyl (C=O) groups excluding carboxylic acids is 1. The van der Waals surface area contributed by atoms with Crippen molar-refractivity contribution in [1.29, 1.82) is 0 Å². The van der Waals surface area contributed by atoms with E-state index in [-0.39, 0.29) is 17.8 Å². The van der Waals surface area contributed by atoms with Crippen LogP contribution in [-0.4, -0.2) is 57.2 Å². The number of hydrogen-bond donors (Lipinski definition) is 1. The van der Waals surface area contributed by atoms with Crippen LogP contribution >= 0.6 is 23.4 Å². The number of amides is 1. The van der Waals surface area contributed by atoms with Crippen molar-refractivity contribution in [2.45, 2.75) is 37.2 Å². The molecule has 0 spiro atoms. The van der Waals surface area contributed by atoms with Crippen LogP contribution in [-0.2, 0) is 4.79 Å². The number of carbonyl (C=O) groups is 1. The average molecular weight is 424 g/mol. The van der Waals surface area contributed by atoms with Gasteiger partial charge < -0.3 is 19.2 Å². The predicted octanol–water partition coefficient (Wildman–Crippen LogP) is 2.80. The summed E-state index contributed by atoms with van der Waals surface area (Å²) in [5.74, 6) is 2.10. The van der Waals surface area contributed by atoms with Crippen LogP contribution < -0.4 is 4.74 Å². The van der Waals surface area contributed by atoms with E-state index in [1.54, 1.807) is 19.1 Å². The Bertz CT molecular complexity index is 848. The number of fused-ring (bicyclic) bond motifs is 1. The fourth-order valence-corrected chi connectivity index (χ4v) is 4.88. The molecule has 9 heteroatoms. The Labute approximate surface area is 172 Å². The number of aromatic nitrogens is 2. The smallest absolute Gasteiger partial charge is 0.277 e. The zero-order valence-electron chi connectivity index (χ0n) is 15.5. The molecule has 1 aliphatic heterocycles. The molecular weight excluding hydrogens is 402 g/mol. The van der Waals surface area contributed by atoms with E-state index in [9.17, 15) is 9.90 Å². The highest BCUT2D eigenvalue weighted by Gasteiger charge is 2.43. The lowest BCUT2D eigenvalue weighted by atomic mass is 9.78. The Hall–Kier alpha value is -1.77. The molecule has 2 heterocycles. The third kappa shape index (κ3) is 4.45. The first-order valence-corrected chi connectivity index (χ1v) is 10.7. The van der Waals surface area contributed by atoms with E-state index in [0.29, 0.717) is 53.2 Å². The summed E-state index contributed by atoms with van der Waals surface area (Å²) >= 11 is 7.27. The number of benzene rings is 1. The van der Waals surface area contributed by atoms with Gasteiger partial charge in [-0.05, 0) is 42.9 Å². The van der Waals surface area contributed by atoms with Crippen LogP contribution in [0.15, 0.2) is 33.9 Å². The molecular formula is C19H22ClN3O4S. The molecule has 4 atom stereocenters. The lowest BCUT2D eigenvalue weighted by Crippen LogP contribution is -2.42. The van der Waals surface area contributed by atoms with Gasteiger partial charge in [-0.25, -0.2) is 0 Å². The maximum Gasteiger partial charge on any atom is 0.277 e. The topological polar surface area (TPSA) is 88.7 Å². The van der Waals surface area contributed by atoms with Gasteiger partial charge in [0.15, 0.2) is 0 Å². The molecule has 28 heavy (non-hydrogen) atoms. The zero-order valence-corrected chi connectivity index (χ0v) is 17.0. The molecule has 1 aliphatic carbocycles. The molecule has 1 saturated heterocycles. The van der Waals surface area contributed by atoms with E-state index in [0.717, 1.165) is 6.42 Å². The number of likely N-dealkylation sites (tertiary alicyclic amines) is 1. The van der Waals surface area contributed by atoms with Crippen LogP contribution in [0.25, 0.3) is 0 Å². The normalized spacial score (nSPS) is 26.9. The molecule has 0 unspecified atom stereocenters. The highest BCUT2D eigenvalue weighted by molar-refractivity contribution is 7.99. The average Bonchev–Trinajstić information content (AvgIpc) is 3.26. The second-order valence-corrected chi connectivity index (χ2v) is 8.71. The molecule has 0 bridgehead atoms. The van der Waals surface area contributed by atoms with E-state index in [4.69, 9.17) is 20.8 Å². The van der Waals surface area contributed by atoms with Gasteiger partial charge in [-0.3, -0.25) is 4.79 Å². The maximum absolute atomic E-state index is 12.6. The van der Waals surface area contributed by atoms with Crippen molar-refractivity contribution in [2.24, 2.45) is 11.8 Å². The molecule has 2 fully saturated rings. The number of thioether (sulfide) groups is 1. The number of rotatable bonds is 5. The van der Waals surface area contributed by atoms with E-state index >= 15 is 0 Å². The predicted molar refractivity (Wildman–Crippen MR) is 104 cm³/mol. The van der Waals surface area contributed by atoms with Gasteiger partial charge in [-0.1, -0.05) is 29.4 Å². The summed E-state index contributed by atoms with van der Waals surface area (Å²) in [6.07, 6.45) is 0.518. The summed E-state index contributed by atoms with van der Waals surface area (Å²) < 4.78 is 11.3. The Balaban J connectivity index is 1.32. The molecule has 1 aromatic carbocycles. The van der Waals surface area contributed by atoms with Gasteiger partial charge in [0.1, 0.15) is 11.9 Å². The Kier molecular flexibility index (Phi) is 5.80. The number of hydrogen-bond acceptors (Lipinski definition) is 7. The molecule has 1 N–H and O–H groups in total. The van der Waals surface area contributed by atoms with Crippen LogP contribution in [0, 0.1) is 18.8 Å². The van der Waals surface area contributed by atoms with Gasteiger partial charge in [0, 0.05) is 25.0 Å². The third-order valence-electron chi connectivity index (χ3n) is 5.35. The van der Waals surface area contributed by atoms with Crippen molar-refractivity contribution in [1.82, 2.24) is 15.1 Å². The SMILES string of the molecule is Cc1nnc(SCC(=O)N2C[C@H]3C[C@@H](Oc4cccc(Cl)c4)[C@H](O)C[C@H]3C2)o1. The Morgan fingerprint density at radius 1 is 1.36 bits per heavy atom. The van der Waals surface area contributed by atoms with Gasteiger partial charge in [-0.2, -0.15) is 0 Å². The molecule has 7 nitrogen and oxygen atoms in total. The van der Waals surface area contributed by atoms with Gasteiger partial charge in [0.2, 0.25) is 11.8 Å². The van der Waals surface area contributed by atoms with Crippen LogP contribution in [0.4, 0.5) is 0 Å². The van der Waals surface area contributed by atoms with Crippen molar-refractivity contribution >= 4 is 29.3 Å². The fraction of sp³-hybridized carbons (Fsp3) is 0.526. The third-order valence-corrected chi connectivity index (χ3v) is 6.39. The standard InChI is InChI=1S/C19H22ClN3O4S/c1-11-21-22-19(26-11)28-10-18(25)23-8-12-5-16(24)17(6-13(12)9-23)27-15-4-2-3-14(20)7-15/h2-4,7,12-13,16-17,24H,5-6,8-10H2,1H3/t12-,13+,16+,17+/m0/s1. The summed E-state index contributed by atoms with van der Waals surface area (Å²) in [4.78, 5) is 14.4. The summed E-state index contributed by atoms with van der Waals surface area (Å²) in [5, 5.41) is 19.2. The number of nitrogens with zero attached hydrogens (tertiary/aromatic N) is 3. The number of aryl methyl sites for hydroxylation is 1. The second-order valence-electron chi connectivity index (χ2n) is 7.35. The van der Waals surface area contributed by atoms with Crippen molar-refractivity contribution < 1.29 is 19.1 Å². The lowest BCUT2D eigenvalue weighted by molar-refractivity contribution is -0.127. The zero-order chi connectivity index (χ0) is 19.7. The van der Waals surface area contributed by atoms with E-state index in [2.05, 4.69) is 10.2 Å². The van der Waals surface area contributed by atoms with Crippen LogP contribution in [0.5, 0.6) is 5.75 Å². The van der Waals surface area contributed by atoms with Crippen molar-refractivity contribution in [3.05, 3.63) is 35.2 Å². The van der Waals surface area contributed by atoms with E-state index < -0.39 is 6.10 Å². The van der Waals surface area contributed by atoms with Gasteiger partial charge in [0.05, 0.1) is 11.9 Å². The maximum atomic E-state index is 12.6. The molecule has 2 aliphatic rings. The molecule has 1 amide bonds. The van der Waals surface area contributed by atoms with Crippen LogP contribution in [0.3, 0.4) is 0 Å². The Morgan fingerprint density at radius 3 is 2.86 bits per heavy atom. The van der Waals surface area contributed by atoms with Gasteiger partial charge >= 0.3 is 0 Å². The monoisotopic (exact) mass is 423 g/mol. The lowest BCUT2D eigenvalue weighted by Gasteiger charge is -2.35. The number of ether oxygens (including phenoxy) is 1. The highest BCUT2D eigenvalue weighted by Crippen LogP contribution is 2.38. The first kappa shape index (κ1) is 19.5. The molecule has 150 valence electrons. The molecule has 4 rings (SSSR count). The number of halogens is 1. The fourth-order valence-electron chi connectivity index (χ4n) is 3.99. The minimum absolute atomic E-state index is 0.0528. The largest absolute Gasteiger partial charge is 0.488 e. The van der Waals surface area contributed by atoms with Crippen molar-refractivity contribution in [3.63, 3.8) is 0 Å². The van der Waals surface area contributed by atoms with Crippen LogP contribution in [0.2, 0.25) is 5.02 Å². The number of aliphatic hydroxyl groups excluding tert-OH is 1. The highest BCUT2D eigenvalue weighted by atomic mass is 35.5. The van der Waals surface area contributed by atoms with Gasteiger partial charge in [0.25, 0.3) is 5.22 Å². The summed E-state index contributed by atoms with van der Waals surface area (Å²) in [7, 11) is 0. The summed E-state index contributed by atoms with van der Waals surface area (Å²) in [6, 6.07) is 7.21. The first-order chi connectivity index (χ1) is 13.5. The number of aliphatic hydroxyl groups is 1. The van der Waals surface area contributed by atoms with E-state index in [1.807, 2.05) is 17.0 Å². The quantitative estimate of drug-likeness (QED) is 0.739. The molecule has 0 radical (unpaired) electrons. The first-order valence-electron chi connectivity index (χ1n) is 9.29.